The summed E-state index contributed by atoms with van der Waals surface area (Å²) in [5.41, 5.74) is 1.99. The van der Waals surface area contributed by atoms with E-state index in [1.807, 2.05) is 11.3 Å². The van der Waals surface area contributed by atoms with Gasteiger partial charge in [0.05, 0.1) is 5.54 Å². The summed E-state index contributed by atoms with van der Waals surface area (Å²) < 4.78 is 0. The van der Waals surface area contributed by atoms with E-state index in [0.29, 0.717) is 11.6 Å². The molecule has 1 saturated carbocycles. The molecule has 1 atom stereocenters. The lowest BCUT2D eigenvalue weighted by Crippen LogP contribution is -2.49. The smallest absolute Gasteiger partial charge is 0.0533 e. The summed E-state index contributed by atoms with van der Waals surface area (Å²) in [6.07, 6.45) is 6.73. The number of fused-ring (bicyclic) bond motifs is 2. The Morgan fingerprint density at radius 3 is 3.00 bits per heavy atom. The normalized spacial score (nSPS) is 29.4. The summed E-state index contributed by atoms with van der Waals surface area (Å²) in [6.45, 7) is 2.32. The molecule has 1 fully saturated rings. The second-order valence-electron chi connectivity index (χ2n) is 4.81. The summed E-state index contributed by atoms with van der Waals surface area (Å²) in [5.74, 6) is 0. The first kappa shape index (κ1) is 8.93. The lowest BCUT2D eigenvalue weighted by Gasteiger charge is -2.38. The average Bonchev–Trinajstić information content (AvgIpc) is 2.73. The van der Waals surface area contributed by atoms with Crippen molar-refractivity contribution in [2.24, 2.45) is 0 Å². The number of hydrogen-bond donors (Lipinski definition) is 1. The van der Waals surface area contributed by atoms with E-state index in [0.717, 1.165) is 0 Å². The molecule has 0 bridgehead atoms. The molecule has 14 heavy (non-hydrogen) atoms. The van der Waals surface area contributed by atoms with Crippen molar-refractivity contribution in [1.29, 1.82) is 0 Å². The predicted molar refractivity (Wildman–Crippen MR) is 60.8 cm³/mol. The Labute approximate surface area is 89.5 Å². The Morgan fingerprint density at radius 2 is 2.21 bits per heavy atom. The predicted octanol–water partition coefficient (Wildman–Crippen LogP) is 3.05. The monoisotopic (exact) mass is 207 g/mol. The van der Waals surface area contributed by atoms with Crippen molar-refractivity contribution in [1.82, 2.24) is 5.32 Å². The molecule has 0 amide bonds. The van der Waals surface area contributed by atoms with E-state index in [1.165, 1.54) is 32.1 Å². The molecule has 2 heteroatoms. The lowest BCUT2D eigenvalue weighted by atomic mass is 9.85. The fourth-order valence-corrected chi connectivity index (χ4v) is 4.34. The van der Waals surface area contributed by atoms with Gasteiger partial charge in [0, 0.05) is 10.9 Å². The maximum atomic E-state index is 3.84. The first-order chi connectivity index (χ1) is 6.80. The van der Waals surface area contributed by atoms with E-state index < -0.39 is 0 Å². The third-order valence-electron chi connectivity index (χ3n) is 3.69. The molecule has 1 aliphatic heterocycles. The van der Waals surface area contributed by atoms with Gasteiger partial charge < -0.3 is 5.32 Å². The highest BCUT2D eigenvalue weighted by Gasteiger charge is 2.41. The molecule has 1 aliphatic carbocycles. The van der Waals surface area contributed by atoms with Crippen molar-refractivity contribution in [3.63, 3.8) is 0 Å². The van der Waals surface area contributed by atoms with E-state index >= 15 is 0 Å². The van der Waals surface area contributed by atoms with Crippen molar-refractivity contribution < 1.29 is 0 Å². The highest BCUT2D eigenvalue weighted by molar-refractivity contribution is 7.10. The molecule has 2 heterocycles. The molecule has 0 aromatic carbocycles. The third kappa shape index (κ3) is 1.17. The zero-order valence-corrected chi connectivity index (χ0v) is 9.49. The van der Waals surface area contributed by atoms with E-state index in [-0.39, 0.29) is 0 Å². The van der Waals surface area contributed by atoms with Gasteiger partial charge in [0.1, 0.15) is 0 Å². The average molecular weight is 207 g/mol. The van der Waals surface area contributed by atoms with Crippen molar-refractivity contribution in [2.45, 2.75) is 50.6 Å². The molecule has 2 aliphatic rings. The van der Waals surface area contributed by atoms with Gasteiger partial charge in [-0.2, -0.15) is 0 Å². The highest BCUT2D eigenvalue weighted by Crippen LogP contribution is 2.45. The maximum Gasteiger partial charge on any atom is 0.0533 e. The molecule has 1 spiro atoms. The van der Waals surface area contributed by atoms with Crippen LogP contribution in [0, 0.1) is 0 Å². The van der Waals surface area contributed by atoms with Gasteiger partial charge >= 0.3 is 0 Å². The van der Waals surface area contributed by atoms with Gasteiger partial charge in [-0.1, -0.05) is 12.8 Å². The molecule has 76 valence electrons. The maximum absolute atomic E-state index is 3.84. The Balaban J connectivity index is 2.07. The van der Waals surface area contributed by atoms with Crippen LogP contribution in [-0.4, -0.2) is 6.04 Å². The van der Waals surface area contributed by atoms with Crippen LogP contribution in [0.2, 0.25) is 0 Å². The van der Waals surface area contributed by atoms with Crippen LogP contribution in [0.1, 0.15) is 43.0 Å². The van der Waals surface area contributed by atoms with E-state index in [9.17, 15) is 0 Å². The fraction of sp³-hybridized carbons (Fsp3) is 0.667. The van der Waals surface area contributed by atoms with Gasteiger partial charge in [0.2, 0.25) is 0 Å². The van der Waals surface area contributed by atoms with Gasteiger partial charge in [-0.25, -0.2) is 0 Å². The summed E-state index contributed by atoms with van der Waals surface area (Å²) in [6, 6.07) is 2.99. The standard InChI is InChI=1S/C12H17NS/c1-9-8-10-4-7-14-11(10)12(13-9)5-2-3-6-12/h4,7,9,13H,2-3,5-6,8H2,1H3/t9-/m1/s1. The molecular formula is C12H17NS. The summed E-state index contributed by atoms with van der Waals surface area (Å²) in [4.78, 5) is 1.65. The molecule has 3 rings (SSSR count). The number of thiophene rings is 1. The summed E-state index contributed by atoms with van der Waals surface area (Å²) in [7, 11) is 0. The van der Waals surface area contributed by atoms with Crippen LogP contribution in [0.3, 0.4) is 0 Å². The molecule has 1 N–H and O–H groups in total. The molecular weight excluding hydrogens is 190 g/mol. The Kier molecular flexibility index (Phi) is 1.96. The van der Waals surface area contributed by atoms with Crippen LogP contribution in [0.4, 0.5) is 0 Å². The Bertz CT molecular complexity index is 336. The second-order valence-corrected chi connectivity index (χ2v) is 5.73. The van der Waals surface area contributed by atoms with Crippen molar-refractivity contribution in [2.75, 3.05) is 0 Å². The van der Waals surface area contributed by atoms with Crippen LogP contribution in [0.5, 0.6) is 0 Å². The van der Waals surface area contributed by atoms with Crippen LogP contribution in [0.25, 0.3) is 0 Å². The van der Waals surface area contributed by atoms with Crippen LogP contribution in [-0.2, 0) is 12.0 Å². The molecule has 0 saturated heterocycles. The third-order valence-corrected chi connectivity index (χ3v) is 4.85. The minimum absolute atomic E-state index is 0.376. The minimum atomic E-state index is 0.376. The van der Waals surface area contributed by atoms with Crippen LogP contribution in [0.15, 0.2) is 11.4 Å². The summed E-state index contributed by atoms with van der Waals surface area (Å²) >= 11 is 1.96. The largest absolute Gasteiger partial charge is 0.304 e. The van der Waals surface area contributed by atoms with Crippen LogP contribution < -0.4 is 5.32 Å². The molecule has 1 nitrogen and oxygen atoms in total. The summed E-state index contributed by atoms with van der Waals surface area (Å²) in [5, 5.41) is 6.11. The topological polar surface area (TPSA) is 12.0 Å². The van der Waals surface area contributed by atoms with Crippen LogP contribution >= 0.6 is 11.3 Å². The van der Waals surface area contributed by atoms with Crippen molar-refractivity contribution in [3.05, 3.63) is 21.9 Å². The van der Waals surface area contributed by atoms with E-state index in [4.69, 9.17) is 0 Å². The first-order valence-corrected chi connectivity index (χ1v) is 6.53. The minimum Gasteiger partial charge on any atom is -0.304 e. The fourth-order valence-electron chi connectivity index (χ4n) is 3.18. The molecule has 1 aromatic rings. The lowest BCUT2D eigenvalue weighted by molar-refractivity contribution is 0.286. The zero-order chi connectivity index (χ0) is 9.60. The SMILES string of the molecule is C[C@@H]1Cc2ccsc2C2(CCCC2)N1. The van der Waals surface area contributed by atoms with Crippen molar-refractivity contribution in [3.8, 4) is 0 Å². The van der Waals surface area contributed by atoms with Gasteiger partial charge in [0.25, 0.3) is 0 Å². The van der Waals surface area contributed by atoms with E-state index in [1.54, 1.807) is 10.4 Å². The van der Waals surface area contributed by atoms with Gasteiger partial charge in [-0.3, -0.25) is 0 Å². The first-order valence-electron chi connectivity index (χ1n) is 5.65. The van der Waals surface area contributed by atoms with Gasteiger partial charge in [-0.15, -0.1) is 11.3 Å². The van der Waals surface area contributed by atoms with Crippen molar-refractivity contribution >= 4 is 11.3 Å². The number of hydrogen-bond acceptors (Lipinski definition) is 2. The van der Waals surface area contributed by atoms with Gasteiger partial charge in [-0.05, 0) is 43.2 Å². The Hall–Kier alpha value is -0.340. The zero-order valence-electron chi connectivity index (χ0n) is 8.68. The molecule has 0 unspecified atom stereocenters. The van der Waals surface area contributed by atoms with E-state index in [2.05, 4.69) is 23.7 Å². The quantitative estimate of drug-likeness (QED) is 0.689. The number of rotatable bonds is 0. The molecule has 0 radical (unpaired) electrons. The van der Waals surface area contributed by atoms with Gasteiger partial charge in [0.15, 0.2) is 0 Å². The second kappa shape index (κ2) is 3.07. The highest BCUT2D eigenvalue weighted by atomic mass is 32.1. The Morgan fingerprint density at radius 1 is 1.43 bits per heavy atom. The molecule has 1 aromatic heterocycles. The number of nitrogens with one attached hydrogen (secondary N) is 1.